The van der Waals surface area contributed by atoms with Gasteiger partial charge in [-0.2, -0.15) is 23.4 Å². The number of H-pyrrole nitrogens is 1. The van der Waals surface area contributed by atoms with Gasteiger partial charge in [0.2, 0.25) is 0 Å². The van der Waals surface area contributed by atoms with Gasteiger partial charge in [0.25, 0.3) is 0 Å². The van der Waals surface area contributed by atoms with E-state index in [4.69, 9.17) is 12.2 Å². The van der Waals surface area contributed by atoms with Gasteiger partial charge in [0.1, 0.15) is 11.5 Å². The number of hydrogen-bond donors (Lipinski definition) is 2. The Bertz CT molecular complexity index is 1170. The lowest BCUT2D eigenvalue weighted by atomic mass is 9.94. The zero-order valence-electron chi connectivity index (χ0n) is 19.7. The Morgan fingerprint density at radius 2 is 1.91 bits per heavy atom. The number of benzene rings is 1. The number of halogens is 3. The molecular weight excluding hydrogens is 463 g/mol. The molecule has 2 atom stereocenters. The molecule has 0 fully saturated rings. The van der Waals surface area contributed by atoms with Crippen LogP contribution in [0, 0.1) is 4.77 Å². The van der Waals surface area contributed by atoms with Gasteiger partial charge in [-0.25, -0.2) is 4.68 Å². The topological polar surface area (TPSA) is 66.7 Å². The van der Waals surface area contributed by atoms with Crippen molar-refractivity contribution < 1.29 is 13.2 Å². The van der Waals surface area contributed by atoms with Crippen LogP contribution in [0.2, 0.25) is 0 Å². The van der Waals surface area contributed by atoms with Crippen LogP contribution in [0.15, 0.2) is 30.3 Å². The lowest BCUT2D eigenvalue weighted by molar-refractivity contribution is -0.173. The van der Waals surface area contributed by atoms with Crippen molar-refractivity contribution in [2.24, 2.45) is 0 Å². The average Bonchev–Trinajstić information content (AvgIpc) is 3.35. The van der Waals surface area contributed by atoms with E-state index in [0.29, 0.717) is 34.6 Å². The standard InChI is InChI=1S/C23H30F3N7S/c1-14(2)15-6-8-16(9-7-15)17-12-19(23(24,25)26)33-20(27-17)13-18(30-33)21-28-29-22(34)32(21)11-5-10-31(3)4/h6-9,13-14,17,19,27H,5,10-12H2,1-4H3,(H,29,34)/t17-,19-/m0/s1. The zero-order valence-corrected chi connectivity index (χ0v) is 20.5. The van der Waals surface area contributed by atoms with Crippen LogP contribution in [0.5, 0.6) is 0 Å². The summed E-state index contributed by atoms with van der Waals surface area (Å²) in [6, 6.07) is 7.18. The van der Waals surface area contributed by atoms with Crippen molar-refractivity contribution in [3.8, 4) is 11.5 Å². The normalized spacial score (nSPS) is 18.4. The highest BCUT2D eigenvalue weighted by atomic mass is 32.1. The summed E-state index contributed by atoms with van der Waals surface area (Å²) in [6.45, 7) is 5.61. The third-order valence-corrected chi connectivity index (χ3v) is 6.48. The number of alkyl halides is 3. The van der Waals surface area contributed by atoms with Crippen molar-refractivity contribution in [3.05, 3.63) is 46.2 Å². The summed E-state index contributed by atoms with van der Waals surface area (Å²) < 4.78 is 45.5. The molecule has 0 amide bonds. The molecule has 1 aliphatic rings. The minimum absolute atomic E-state index is 0.145. The monoisotopic (exact) mass is 493 g/mol. The molecule has 0 aliphatic carbocycles. The highest BCUT2D eigenvalue weighted by Crippen LogP contribution is 2.44. The molecule has 0 saturated heterocycles. The molecule has 0 spiro atoms. The minimum atomic E-state index is -4.44. The van der Waals surface area contributed by atoms with Gasteiger partial charge in [-0.15, -0.1) is 0 Å². The number of aromatic amines is 1. The van der Waals surface area contributed by atoms with Crippen LogP contribution in [0.25, 0.3) is 11.5 Å². The van der Waals surface area contributed by atoms with E-state index in [9.17, 15) is 13.2 Å². The molecule has 1 aromatic carbocycles. The molecule has 184 valence electrons. The first-order chi connectivity index (χ1) is 16.0. The number of nitrogens with zero attached hydrogens (tertiary/aromatic N) is 5. The summed E-state index contributed by atoms with van der Waals surface area (Å²) in [7, 11) is 3.96. The predicted octanol–water partition coefficient (Wildman–Crippen LogP) is 5.54. The van der Waals surface area contributed by atoms with Crippen molar-refractivity contribution in [1.29, 1.82) is 0 Å². The first kappa shape index (κ1) is 24.5. The fourth-order valence-electron chi connectivity index (χ4n) is 4.28. The first-order valence-electron chi connectivity index (χ1n) is 11.4. The Morgan fingerprint density at radius 3 is 2.53 bits per heavy atom. The third-order valence-electron chi connectivity index (χ3n) is 6.17. The first-order valence-corrected chi connectivity index (χ1v) is 11.8. The lowest BCUT2D eigenvalue weighted by Gasteiger charge is -2.33. The lowest BCUT2D eigenvalue weighted by Crippen LogP contribution is -2.35. The Labute approximate surface area is 202 Å². The summed E-state index contributed by atoms with van der Waals surface area (Å²) in [5, 5.41) is 14.6. The molecule has 3 aromatic rings. The van der Waals surface area contributed by atoms with Crippen LogP contribution in [0.4, 0.5) is 19.0 Å². The maximum Gasteiger partial charge on any atom is 0.410 e. The quantitative estimate of drug-likeness (QED) is 0.423. The van der Waals surface area contributed by atoms with E-state index in [1.54, 1.807) is 10.6 Å². The second-order valence-corrected chi connectivity index (χ2v) is 9.72. The van der Waals surface area contributed by atoms with Crippen LogP contribution in [0.1, 0.15) is 55.8 Å². The fraction of sp³-hybridized carbons (Fsp3) is 0.522. The van der Waals surface area contributed by atoms with Gasteiger partial charge in [-0.05, 0) is 56.3 Å². The van der Waals surface area contributed by atoms with Crippen molar-refractivity contribution >= 4 is 18.0 Å². The number of hydrogen-bond acceptors (Lipinski definition) is 5. The minimum Gasteiger partial charge on any atom is -0.363 e. The van der Waals surface area contributed by atoms with Gasteiger partial charge < -0.3 is 10.2 Å². The van der Waals surface area contributed by atoms with Gasteiger partial charge in [0.15, 0.2) is 16.6 Å². The van der Waals surface area contributed by atoms with Crippen LogP contribution < -0.4 is 5.32 Å². The van der Waals surface area contributed by atoms with Crippen molar-refractivity contribution in [2.75, 3.05) is 26.0 Å². The van der Waals surface area contributed by atoms with E-state index >= 15 is 0 Å². The molecule has 34 heavy (non-hydrogen) atoms. The van der Waals surface area contributed by atoms with Gasteiger partial charge in [0, 0.05) is 19.0 Å². The highest BCUT2D eigenvalue weighted by Gasteiger charge is 2.46. The molecule has 0 saturated carbocycles. The van der Waals surface area contributed by atoms with E-state index < -0.39 is 18.3 Å². The summed E-state index contributed by atoms with van der Waals surface area (Å²) in [4.78, 5) is 2.06. The molecule has 3 heterocycles. The average molecular weight is 494 g/mol. The van der Waals surface area contributed by atoms with Gasteiger partial charge in [0.05, 0.1) is 6.04 Å². The number of rotatable bonds is 7. The second kappa shape index (κ2) is 9.53. The highest BCUT2D eigenvalue weighted by molar-refractivity contribution is 7.71. The van der Waals surface area contributed by atoms with E-state index in [2.05, 4.69) is 39.4 Å². The molecule has 11 heteroatoms. The maximum atomic E-state index is 14.1. The number of aromatic nitrogens is 5. The van der Waals surface area contributed by atoms with Crippen molar-refractivity contribution in [3.63, 3.8) is 0 Å². The summed E-state index contributed by atoms with van der Waals surface area (Å²) in [5.41, 5.74) is 2.32. The fourth-order valence-corrected chi connectivity index (χ4v) is 4.50. The predicted molar refractivity (Wildman–Crippen MR) is 128 cm³/mol. The molecule has 4 rings (SSSR count). The SMILES string of the molecule is CC(C)c1ccc([C@@H]2C[C@@H](C(F)(F)F)n3nc(-c4n[nH]c(=S)n4CCCN(C)C)cc3N2)cc1. The van der Waals surface area contributed by atoms with E-state index in [1.165, 1.54) is 0 Å². The number of fused-ring (bicyclic) bond motifs is 1. The Hall–Kier alpha value is -2.66. The Morgan fingerprint density at radius 1 is 1.21 bits per heavy atom. The molecule has 0 radical (unpaired) electrons. The van der Waals surface area contributed by atoms with E-state index in [1.807, 2.05) is 38.4 Å². The van der Waals surface area contributed by atoms with Crippen LogP contribution >= 0.6 is 12.2 Å². The molecule has 2 N–H and O–H groups in total. The van der Waals surface area contributed by atoms with E-state index in [0.717, 1.165) is 28.8 Å². The molecule has 0 bridgehead atoms. The second-order valence-electron chi connectivity index (χ2n) is 9.33. The molecule has 7 nitrogen and oxygen atoms in total. The zero-order chi connectivity index (χ0) is 24.6. The van der Waals surface area contributed by atoms with Gasteiger partial charge in [-0.1, -0.05) is 38.1 Å². The summed E-state index contributed by atoms with van der Waals surface area (Å²) in [6.07, 6.45) is -3.76. The van der Waals surface area contributed by atoms with Crippen LogP contribution in [-0.4, -0.2) is 56.3 Å². The molecule has 1 aliphatic heterocycles. The third kappa shape index (κ3) is 5.05. The van der Waals surface area contributed by atoms with Crippen LogP contribution in [-0.2, 0) is 6.54 Å². The van der Waals surface area contributed by atoms with Gasteiger partial charge in [-0.3, -0.25) is 9.67 Å². The summed E-state index contributed by atoms with van der Waals surface area (Å²) >= 11 is 5.36. The maximum absolute atomic E-state index is 14.1. The molecule has 0 unspecified atom stereocenters. The van der Waals surface area contributed by atoms with E-state index in [-0.39, 0.29) is 6.42 Å². The Balaban J connectivity index is 1.67. The number of anilines is 1. The Kier molecular flexibility index (Phi) is 6.86. The van der Waals surface area contributed by atoms with Crippen molar-refractivity contribution in [1.82, 2.24) is 29.4 Å². The van der Waals surface area contributed by atoms with Crippen LogP contribution in [0.3, 0.4) is 0 Å². The largest absolute Gasteiger partial charge is 0.410 e. The molecule has 2 aromatic heterocycles. The summed E-state index contributed by atoms with van der Waals surface area (Å²) in [5.74, 6) is 1.11. The van der Waals surface area contributed by atoms with Crippen molar-refractivity contribution in [2.45, 2.75) is 57.4 Å². The van der Waals surface area contributed by atoms with Gasteiger partial charge >= 0.3 is 6.18 Å². The molecular formula is C23H30F3N7S. The smallest absolute Gasteiger partial charge is 0.363 e. The number of nitrogens with one attached hydrogen (secondary N) is 2.